The third kappa shape index (κ3) is 5.48. The number of aromatic nitrogens is 1. The van der Waals surface area contributed by atoms with Gasteiger partial charge in [-0.3, -0.25) is 9.59 Å². The minimum absolute atomic E-state index is 0.211. The molecule has 0 fully saturated rings. The van der Waals surface area contributed by atoms with Gasteiger partial charge in [-0.15, -0.1) is 0 Å². The van der Waals surface area contributed by atoms with Gasteiger partial charge in [0, 0.05) is 25.2 Å². The van der Waals surface area contributed by atoms with Gasteiger partial charge in [0.2, 0.25) is 11.8 Å². The van der Waals surface area contributed by atoms with Crippen LogP contribution in [-0.4, -0.2) is 34.8 Å². The fourth-order valence-corrected chi connectivity index (χ4v) is 2.13. The molecule has 1 atom stereocenters. The summed E-state index contributed by atoms with van der Waals surface area (Å²) in [5.74, 6) is 0.769. The van der Waals surface area contributed by atoms with E-state index in [2.05, 4.69) is 15.6 Å². The smallest absolute Gasteiger partial charge is 0.242 e. The molecule has 1 rings (SSSR count). The monoisotopic (exact) mass is 296 g/mol. The van der Waals surface area contributed by atoms with Gasteiger partial charge in [0.25, 0.3) is 0 Å². The van der Waals surface area contributed by atoms with Crippen molar-refractivity contribution in [2.45, 2.75) is 25.9 Å². The lowest BCUT2D eigenvalue weighted by Gasteiger charge is -2.17. The largest absolute Gasteiger partial charge is 0.383 e. The molecule has 0 aliphatic carbocycles. The molecular weight excluding hydrogens is 276 g/mol. The summed E-state index contributed by atoms with van der Waals surface area (Å²) in [5, 5.41) is 5.43. The maximum absolute atomic E-state index is 12.1. The highest BCUT2D eigenvalue weighted by molar-refractivity contribution is 7.98. The van der Waals surface area contributed by atoms with E-state index in [9.17, 15) is 9.59 Å². The fourth-order valence-electron chi connectivity index (χ4n) is 1.66. The quantitative estimate of drug-likeness (QED) is 0.682. The lowest BCUT2D eigenvalue weighted by molar-refractivity contribution is -0.128. The minimum atomic E-state index is -0.516. The molecular formula is C13H20N4O2S. The van der Waals surface area contributed by atoms with Crippen molar-refractivity contribution < 1.29 is 9.59 Å². The summed E-state index contributed by atoms with van der Waals surface area (Å²) in [4.78, 5) is 27.1. The zero-order valence-corrected chi connectivity index (χ0v) is 12.5. The van der Waals surface area contributed by atoms with E-state index in [1.807, 2.05) is 6.26 Å². The SMILES string of the molecule is CSCC[C@H](NC(C)=O)C(=O)NCc1cccnc1N. The van der Waals surface area contributed by atoms with Crippen LogP contribution in [0.3, 0.4) is 0 Å². The molecule has 0 aliphatic rings. The van der Waals surface area contributed by atoms with Crippen molar-refractivity contribution in [3.63, 3.8) is 0 Å². The molecule has 0 radical (unpaired) electrons. The van der Waals surface area contributed by atoms with E-state index in [1.165, 1.54) is 6.92 Å². The fraction of sp³-hybridized carbons (Fsp3) is 0.462. The van der Waals surface area contributed by atoms with E-state index in [0.29, 0.717) is 18.8 Å². The molecule has 110 valence electrons. The molecule has 0 saturated carbocycles. The van der Waals surface area contributed by atoms with Gasteiger partial charge in [0.1, 0.15) is 11.9 Å². The number of amides is 2. The zero-order chi connectivity index (χ0) is 15.0. The van der Waals surface area contributed by atoms with E-state index in [0.717, 1.165) is 11.3 Å². The van der Waals surface area contributed by atoms with Gasteiger partial charge in [-0.05, 0) is 24.5 Å². The molecule has 4 N–H and O–H groups in total. The number of carbonyl (C=O) groups is 2. The Kier molecular flexibility index (Phi) is 6.86. The maximum atomic E-state index is 12.1. The van der Waals surface area contributed by atoms with E-state index < -0.39 is 6.04 Å². The lowest BCUT2D eigenvalue weighted by Crippen LogP contribution is -2.46. The minimum Gasteiger partial charge on any atom is -0.383 e. The van der Waals surface area contributed by atoms with Crippen molar-refractivity contribution >= 4 is 29.4 Å². The predicted octanol–water partition coefficient (Wildman–Crippen LogP) is 0.538. The van der Waals surface area contributed by atoms with Crippen LogP contribution in [0.1, 0.15) is 18.9 Å². The number of hydrogen-bond acceptors (Lipinski definition) is 5. The Labute approximate surface area is 122 Å². The molecule has 2 amide bonds. The van der Waals surface area contributed by atoms with Crippen LogP contribution in [0.25, 0.3) is 0 Å². The Morgan fingerprint density at radius 3 is 2.85 bits per heavy atom. The highest BCUT2D eigenvalue weighted by atomic mass is 32.2. The third-order valence-corrected chi connectivity index (χ3v) is 3.33. The van der Waals surface area contributed by atoms with E-state index in [1.54, 1.807) is 30.1 Å². The van der Waals surface area contributed by atoms with Crippen LogP contribution < -0.4 is 16.4 Å². The van der Waals surface area contributed by atoms with Crippen LogP contribution >= 0.6 is 11.8 Å². The van der Waals surface area contributed by atoms with Gasteiger partial charge in [0.05, 0.1) is 0 Å². The molecule has 6 nitrogen and oxygen atoms in total. The standard InChI is InChI=1S/C13H20N4O2S/c1-9(18)17-11(5-7-20-2)13(19)16-8-10-4-3-6-15-12(10)14/h3-4,6,11H,5,7-8H2,1-2H3,(H2,14,15)(H,16,19)(H,17,18)/t11-/m0/s1. The molecule has 0 spiro atoms. The van der Waals surface area contributed by atoms with Crippen molar-refractivity contribution in [2.24, 2.45) is 0 Å². The summed E-state index contributed by atoms with van der Waals surface area (Å²) in [6.45, 7) is 1.70. The molecule has 0 unspecified atom stereocenters. The van der Waals surface area contributed by atoms with E-state index in [-0.39, 0.29) is 11.8 Å². The lowest BCUT2D eigenvalue weighted by atomic mass is 10.2. The number of nitrogens with two attached hydrogens (primary N) is 1. The first-order chi connectivity index (χ1) is 9.54. The topological polar surface area (TPSA) is 97.1 Å². The number of carbonyl (C=O) groups excluding carboxylic acids is 2. The van der Waals surface area contributed by atoms with Crippen molar-refractivity contribution in [3.8, 4) is 0 Å². The summed E-state index contributed by atoms with van der Waals surface area (Å²) < 4.78 is 0. The first-order valence-electron chi connectivity index (χ1n) is 6.27. The summed E-state index contributed by atoms with van der Waals surface area (Å²) in [7, 11) is 0. The number of nitrogens with zero attached hydrogens (tertiary/aromatic N) is 1. The molecule has 0 saturated heterocycles. The van der Waals surface area contributed by atoms with Gasteiger partial charge in [-0.2, -0.15) is 11.8 Å². The Bertz CT molecular complexity index is 467. The average Bonchev–Trinajstić information content (AvgIpc) is 2.41. The third-order valence-electron chi connectivity index (χ3n) is 2.68. The molecule has 0 aliphatic heterocycles. The number of nitrogens with one attached hydrogen (secondary N) is 2. The van der Waals surface area contributed by atoms with Gasteiger partial charge in [-0.25, -0.2) is 4.98 Å². The second kappa shape index (κ2) is 8.42. The number of thioether (sulfide) groups is 1. The summed E-state index contributed by atoms with van der Waals surface area (Å²) in [6.07, 6.45) is 4.15. The molecule has 1 aromatic heterocycles. The molecule has 1 aromatic rings. The average molecular weight is 296 g/mol. The first kappa shape index (κ1) is 16.3. The summed E-state index contributed by atoms with van der Waals surface area (Å²) in [5.41, 5.74) is 6.47. The van der Waals surface area contributed by atoms with Crippen LogP contribution in [0.5, 0.6) is 0 Å². The predicted molar refractivity (Wildman–Crippen MR) is 81.1 cm³/mol. The number of pyridine rings is 1. The van der Waals surface area contributed by atoms with Crippen molar-refractivity contribution in [2.75, 3.05) is 17.7 Å². The van der Waals surface area contributed by atoms with Gasteiger partial charge in [-0.1, -0.05) is 6.07 Å². The number of anilines is 1. The van der Waals surface area contributed by atoms with Gasteiger partial charge >= 0.3 is 0 Å². The molecule has 7 heteroatoms. The Balaban J connectivity index is 2.57. The van der Waals surface area contributed by atoms with Crippen molar-refractivity contribution in [1.29, 1.82) is 0 Å². The number of nitrogen functional groups attached to an aromatic ring is 1. The van der Waals surface area contributed by atoms with Gasteiger partial charge in [0.15, 0.2) is 0 Å². The Morgan fingerprint density at radius 1 is 1.50 bits per heavy atom. The normalized spacial score (nSPS) is 11.7. The number of hydrogen-bond donors (Lipinski definition) is 3. The van der Waals surface area contributed by atoms with Gasteiger partial charge < -0.3 is 16.4 Å². The molecule has 0 bridgehead atoms. The molecule has 20 heavy (non-hydrogen) atoms. The second-order valence-corrected chi connectivity index (χ2v) is 5.29. The van der Waals surface area contributed by atoms with Crippen molar-refractivity contribution in [3.05, 3.63) is 23.9 Å². The molecule has 0 aromatic carbocycles. The van der Waals surface area contributed by atoms with E-state index >= 15 is 0 Å². The van der Waals surface area contributed by atoms with Crippen LogP contribution in [0.15, 0.2) is 18.3 Å². The maximum Gasteiger partial charge on any atom is 0.242 e. The first-order valence-corrected chi connectivity index (χ1v) is 7.67. The summed E-state index contributed by atoms with van der Waals surface area (Å²) >= 11 is 1.63. The van der Waals surface area contributed by atoms with Crippen LogP contribution in [0, 0.1) is 0 Å². The Hall–Kier alpha value is -1.76. The highest BCUT2D eigenvalue weighted by Crippen LogP contribution is 2.07. The summed E-state index contributed by atoms with van der Waals surface area (Å²) in [6, 6.07) is 3.05. The zero-order valence-electron chi connectivity index (χ0n) is 11.7. The van der Waals surface area contributed by atoms with Crippen LogP contribution in [-0.2, 0) is 16.1 Å². The van der Waals surface area contributed by atoms with E-state index in [4.69, 9.17) is 5.73 Å². The van der Waals surface area contributed by atoms with Crippen LogP contribution in [0.2, 0.25) is 0 Å². The molecule has 1 heterocycles. The van der Waals surface area contributed by atoms with Crippen molar-refractivity contribution in [1.82, 2.24) is 15.6 Å². The Morgan fingerprint density at radius 2 is 2.25 bits per heavy atom. The second-order valence-electron chi connectivity index (χ2n) is 4.30. The highest BCUT2D eigenvalue weighted by Gasteiger charge is 2.18. The van der Waals surface area contributed by atoms with Crippen LogP contribution in [0.4, 0.5) is 5.82 Å². The number of rotatable bonds is 7.